The number of hydrogen-bond acceptors (Lipinski definition) is 3. The Hall–Kier alpha value is -0.910. The largest absolute Gasteiger partial charge is 0.389 e. The second kappa shape index (κ2) is 5.84. The van der Waals surface area contributed by atoms with E-state index in [0.29, 0.717) is 11.0 Å². The average molecular weight is 367 g/mol. The zero-order valence-corrected chi connectivity index (χ0v) is 14.1. The van der Waals surface area contributed by atoms with Crippen LogP contribution in [0.5, 0.6) is 0 Å². The van der Waals surface area contributed by atoms with E-state index in [0.717, 1.165) is 15.7 Å². The fraction of sp³-hybridized carbons (Fsp3) is 0.267. The molecule has 1 unspecified atom stereocenters. The van der Waals surface area contributed by atoms with Crippen molar-refractivity contribution in [1.82, 2.24) is 0 Å². The molecule has 20 heavy (non-hydrogen) atoms. The number of halogens is 1. The molecule has 1 aliphatic rings. The summed E-state index contributed by atoms with van der Waals surface area (Å²) in [5.41, 5.74) is 9.11. The van der Waals surface area contributed by atoms with E-state index < -0.39 is 0 Å². The smallest absolute Gasteiger partial charge is 0.105 e. The van der Waals surface area contributed by atoms with Gasteiger partial charge in [0.1, 0.15) is 4.99 Å². The molecule has 0 radical (unpaired) electrons. The Kier molecular flexibility index (Phi) is 4.10. The van der Waals surface area contributed by atoms with Crippen molar-refractivity contribution in [3.63, 3.8) is 0 Å². The molecule has 1 aliphatic carbocycles. The number of benzene rings is 1. The van der Waals surface area contributed by atoms with Crippen LogP contribution in [-0.4, -0.2) is 4.99 Å². The maximum absolute atomic E-state index is 5.68. The van der Waals surface area contributed by atoms with Gasteiger partial charge in [-0.1, -0.05) is 12.2 Å². The van der Waals surface area contributed by atoms with Gasteiger partial charge in [-0.3, -0.25) is 0 Å². The van der Waals surface area contributed by atoms with Crippen LogP contribution in [0.15, 0.2) is 34.1 Å². The van der Waals surface area contributed by atoms with Crippen molar-refractivity contribution in [1.29, 1.82) is 0 Å². The third-order valence-corrected chi connectivity index (χ3v) is 5.50. The number of thiophene rings is 1. The SMILES string of the molecule is NC(=S)c1ccc(NC2CCCc3sccc32)cc1Br. The van der Waals surface area contributed by atoms with Gasteiger partial charge in [-0.15, -0.1) is 11.3 Å². The molecule has 3 rings (SSSR count). The summed E-state index contributed by atoms with van der Waals surface area (Å²) in [5.74, 6) is 0. The van der Waals surface area contributed by atoms with Crippen molar-refractivity contribution >= 4 is 50.2 Å². The number of nitrogens with one attached hydrogen (secondary N) is 1. The molecule has 0 spiro atoms. The number of aryl methyl sites for hydroxylation is 1. The predicted octanol–water partition coefficient (Wildman–Crippen LogP) is 4.63. The fourth-order valence-corrected chi connectivity index (χ4v) is 4.53. The minimum atomic E-state index is 0.410. The third-order valence-electron chi connectivity index (χ3n) is 3.63. The molecule has 1 aromatic carbocycles. The molecule has 0 amide bonds. The van der Waals surface area contributed by atoms with Gasteiger partial charge in [0.25, 0.3) is 0 Å². The Balaban J connectivity index is 1.83. The number of fused-ring (bicyclic) bond motifs is 1. The summed E-state index contributed by atoms with van der Waals surface area (Å²) in [7, 11) is 0. The zero-order valence-electron chi connectivity index (χ0n) is 10.9. The number of hydrogen-bond donors (Lipinski definition) is 2. The lowest BCUT2D eigenvalue weighted by atomic mass is 9.94. The Morgan fingerprint density at radius 3 is 3.00 bits per heavy atom. The van der Waals surface area contributed by atoms with E-state index in [1.165, 1.54) is 29.7 Å². The van der Waals surface area contributed by atoms with Crippen LogP contribution in [0.2, 0.25) is 0 Å². The molecule has 2 nitrogen and oxygen atoms in total. The molecular formula is C15H15BrN2S2. The molecule has 0 bridgehead atoms. The second-order valence-electron chi connectivity index (χ2n) is 4.95. The minimum Gasteiger partial charge on any atom is -0.389 e. The van der Waals surface area contributed by atoms with Gasteiger partial charge in [0.05, 0.1) is 6.04 Å². The van der Waals surface area contributed by atoms with E-state index in [-0.39, 0.29) is 0 Å². The van der Waals surface area contributed by atoms with Gasteiger partial charge < -0.3 is 11.1 Å². The summed E-state index contributed by atoms with van der Waals surface area (Å²) in [6.07, 6.45) is 3.64. The first kappa shape index (κ1) is 14.0. The van der Waals surface area contributed by atoms with Crippen LogP contribution in [-0.2, 0) is 6.42 Å². The highest BCUT2D eigenvalue weighted by Crippen LogP contribution is 2.36. The lowest BCUT2D eigenvalue weighted by Crippen LogP contribution is -2.16. The van der Waals surface area contributed by atoms with Crippen molar-refractivity contribution in [3.05, 3.63) is 50.1 Å². The van der Waals surface area contributed by atoms with Crippen molar-refractivity contribution < 1.29 is 0 Å². The Morgan fingerprint density at radius 2 is 2.25 bits per heavy atom. The van der Waals surface area contributed by atoms with E-state index in [2.05, 4.69) is 38.8 Å². The molecule has 5 heteroatoms. The highest BCUT2D eigenvalue weighted by atomic mass is 79.9. The summed E-state index contributed by atoms with van der Waals surface area (Å²) in [6, 6.07) is 8.71. The van der Waals surface area contributed by atoms with E-state index in [9.17, 15) is 0 Å². The van der Waals surface area contributed by atoms with Gasteiger partial charge in [0, 0.05) is 20.6 Å². The number of thiocarbonyl (C=S) groups is 1. The number of nitrogens with two attached hydrogens (primary N) is 1. The summed E-state index contributed by atoms with van der Waals surface area (Å²) in [4.78, 5) is 1.94. The van der Waals surface area contributed by atoms with Crippen LogP contribution in [0.1, 0.15) is 34.9 Å². The van der Waals surface area contributed by atoms with Crippen molar-refractivity contribution in [2.45, 2.75) is 25.3 Å². The van der Waals surface area contributed by atoms with Gasteiger partial charge in [0.2, 0.25) is 0 Å². The average Bonchev–Trinajstić information content (AvgIpc) is 2.87. The molecule has 0 saturated heterocycles. The van der Waals surface area contributed by atoms with Crippen LogP contribution < -0.4 is 11.1 Å². The quantitative estimate of drug-likeness (QED) is 0.777. The second-order valence-corrected chi connectivity index (χ2v) is 7.24. The maximum atomic E-state index is 5.68. The molecule has 0 fully saturated rings. The number of anilines is 1. The molecule has 0 saturated carbocycles. The summed E-state index contributed by atoms with van der Waals surface area (Å²) in [5, 5.41) is 5.81. The van der Waals surface area contributed by atoms with Crippen LogP contribution >= 0.6 is 39.5 Å². The molecule has 1 heterocycles. The summed E-state index contributed by atoms with van der Waals surface area (Å²) >= 11 is 10.4. The summed E-state index contributed by atoms with van der Waals surface area (Å²) in [6.45, 7) is 0. The van der Waals surface area contributed by atoms with Gasteiger partial charge >= 0.3 is 0 Å². The van der Waals surface area contributed by atoms with Gasteiger partial charge in [0.15, 0.2) is 0 Å². The van der Waals surface area contributed by atoms with Gasteiger partial charge in [-0.2, -0.15) is 0 Å². The predicted molar refractivity (Wildman–Crippen MR) is 93.7 cm³/mol. The molecular weight excluding hydrogens is 352 g/mol. The van der Waals surface area contributed by atoms with E-state index in [1.807, 2.05) is 23.5 Å². The number of rotatable bonds is 3. The molecule has 2 aromatic rings. The molecule has 1 atom stereocenters. The standard InChI is InChI=1S/C15H15BrN2S2/c16-12-8-9(4-5-10(12)15(17)19)18-13-2-1-3-14-11(13)6-7-20-14/h4-8,13,18H,1-3H2,(H2,17,19). The van der Waals surface area contributed by atoms with Crippen molar-refractivity contribution in [2.24, 2.45) is 5.73 Å². The highest BCUT2D eigenvalue weighted by Gasteiger charge is 2.21. The van der Waals surface area contributed by atoms with Crippen LogP contribution in [0.25, 0.3) is 0 Å². The van der Waals surface area contributed by atoms with Crippen LogP contribution in [0, 0.1) is 0 Å². The Morgan fingerprint density at radius 1 is 1.40 bits per heavy atom. The first-order valence-corrected chi connectivity index (χ1v) is 8.65. The van der Waals surface area contributed by atoms with E-state index in [1.54, 1.807) is 0 Å². The first-order valence-electron chi connectivity index (χ1n) is 6.57. The Labute approximate surface area is 136 Å². The third kappa shape index (κ3) is 2.75. The fourth-order valence-electron chi connectivity index (χ4n) is 2.64. The zero-order chi connectivity index (χ0) is 14.1. The normalized spacial score (nSPS) is 17.6. The van der Waals surface area contributed by atoms with Crippen LogP contribution in [0.4, 0.5) is 5.69 Å². The van der Waals surface area contributed by atoms with E-state index in [4.69, 9.17) is 18.0 Å². The molecule has 1 aromatic heterocycles. The van der Waals surface area contributed by atoms with E-state index >= 15 is 0 Å². The summed E-state index contributed by atoms with van der Waals surface area (Å²) < 4.78 is 0.941. The topological polar surface area (TPSA) is 38.0 Å². The first-order chi connectivity index (χ1) is 9.65. The molecule has 104 valence electrons. The molecule has 3 N–H and O–H groups in total. The van der Waals surface area contributed by atoms with Crippen molar-refractivity contribution in [2.75, 3.05) is 5.32 Å². The van der Waals surface area contributed by atoms with Gasteiger partial charge in [-0.05, 0) is 70.4 Å². The lowest BCUT2D eigenvalue weighted by Gasteiger charge is -2.25. The maximum Gasteiger partial charge on any atom is 0.105 e. The minimum absolute atomic E-state index is 0.410. The molecule has 0 aliphatic heterocycles. The van der Waals surface area contributed by atoms with Crippen molar-refractivity contribution in [3.8, 4) is 0 Å². The Bertz CT molecular complexity index is 651. The van der Waals surface area contributed by atoms with Crippen LogP contribution in [0.3, 0.4) is 0 Å². The lowest BCUT2D eigenvalue weighted by molar-refractivity contribution is 0.609. The highest BCUT2D eigenvalue weighted by molar-refractivity contribution is 9.10. The monoisotopic (exact) mass is 366 g/mol. The van der Waals surface area contributed by atoms with Gasteiger partial charge in [-0.25, -0.2) is 0 Å².